The minimum Gasteiger partial charge on any atom is -0.314 e. The van der Waals surface area contributed by atoms with Gasteiger partial charge in [0.15, 0.2) is 0 Å². The molecule has 1 heterocycles. The molecule has 5 rings (SSSR count). The highest BCUT2D eigenvalue weighted by atomic mass is 19.1. The Labute approximate surface area is 168 Å². The third-order valence-corrected chi connectivity index (χ3v) is 9.45. The minimum atomic E-state index is -0.0940. The van der Waals surface area contributed by atoms with Gasteiger partial charge in [-0.25, -0.2) is 4.39 Å². The predicted octanol–water partition coefficient (Wildman–Crippen LogP) is 4.27. The number of nitrogens with one attached hydrogen (secondary N) is 2. The fraction of sp³-hybridized carbons (Fsp3) is 0.870. The van der Waals surface area contributed by atoms with Gasteiger partial charge in [-0.2, -0.15) is 0 Å². The van der Waals surface area contributed by atoms with Crippen LogP contribution < -0.4 is 10.8 Å². The lowest BCUT2D eigenvalue weighted by Gasteiger charge is -2.59. The number of ketones is 1. The third-order valence-electron chi connectivity index (χ3n) is 9.45. The molecule has 4 fully saturated rings. The molecule has 4 aliphatic carbocycles. The van der Waals surface area contributed by atoms with Crippen LogP contribution in [0, 0.1) is 34.5 Å². The molecule has 5 heteroatoms. The van der Waals surface area contributed by atoms with E-state index in [1.165, 1.54) is 6.42 Å². The summed E-state index contributed by atoms with van der Waals surface area (Å²) in [5.74, 6) is 2.70. The number of fused-ring (bicyclic) bond motifs is 5. The molecule has 0 amide bonds. The van der Waals surface area contributed by atoms with E-state index >= 15 is 4.39 Å². The van der Waals surface area contributed by atoms with E-state index in [-0.39, 0.29) is 22.8 Å². The van der Waals surface area contributed by atoms with Gasteiger partial charge < -0.3 is 5.32 Å². The SMILES string of the molecule is C[C@]12CC(F)=C(NO[C@@H]3CCNC3)CC1CC[C@@H]1[C@@H]2CC[C@]2(C)C(=O)CC[C@@H]12. The van der Waals surface area contributed by atoms with Crippen molar-refractivity contribution in [3.8, 4) is 0 Å². The Morgan fingerprint density at radius 2 is 2.00 bits per heavy atom. The van der Waals surface area contributed by atoms with Crippen LogP contribution in [0.25, 0.3) is 0 Å². The topological polar surface area (TPSA) is 50.4 Å². The van der Waals surface area contributed by atoms with Gasteiger partial charge in [0.05, 0.1) is 11.8 Å². The van der Waals surface area contributed by atoms with Gasteiger partial charge in [0.2, 0.25) is 0 Å². The molecule has 0 aromatic heterocycles. The first-order valence-electron chi connectivity index (χ1n) is 11.4. The number of allylic oxidation sites excluding steroid dienone is 2. The average molecular weight is 391 g/mol. The molecule has 156 valence electrons. The van der Waals surface area contributed by atoms with Crippen molar-refractivity contribution in [2.24, 2.45) is 34.5 Å². The maximum atomic E-state index is 15.2. The lowest BCUT2D eigenvalue weighted by Crippen LogP contribution is -2.53. The molecule has 4 nitrogen and oxygen atoms in total. The van der Waals surface area contributed by atoms with Crippen LogP contribution in [0.4, 0.5) is 4.39 Å². The normalized spacial score (nSPS) is 48.2. The van der Waals surface area contributed by atoms with Crippen molar-refractivity contribution in [2.75, 3.05) is 13.1 Å². The van der Waals surface area contributed by atoms with Crippen LogP contribution in [0.3, 0.4) is 0 Å². The fourth-order valence-corrected chi connectivity index (χ4v) is 7.70. The zero-order chi connectivity index (χ0) is 19.5. The molecule has 1 saturated heterocycles. The number of carbonyl (C=O) groups is 1. The first-order chi connectivity index (χ1) is 13.4. The van der Waals surface area contributed by atoms with Crippen molar-refractivity contribution in [3.05, 3.63) is 11.5 Å². The summed E-state index contributed by atoms with van der Waals surface area (Å²) < 4.78 is 15.2. The van der Waals surface area contributed by atoms with E-state index < -0.39 is 0 Å². The van der Waals surface area contributed by atoms with Crippen molar-refractivity contribution in [1.82, 2.24) is 10.8 Å². The summed E-state index contributed by atoms with van der Waals surface area (Å²) >= 11 is 0. The first kappa shape index (κ1) is 19.0. The second kappa shape index (κ2) is 6.80. The van der Waals surface area contributed by atoms with E-state index in [9.17, 15) is 4.79 Å². The van der Waals surface area contributed by atoms with E-state index in [4.69, 9.17) is 4.84 Å². The van der Waals surface area contributed by atoms with Crippen molar-refractivity contribution in [2.45, 2.75) is 77.7 Å². The number of Topliss-reactive ketones (excluding diaryl/α,β-unsaturated/α-hetero) is 1. The smallest absolute Gasteiger partial charge is 0.139 e. The zero-order valence-electron chi connectivity index (χ0n) is 17.4. The standard InChI is InChI=1S/C23H35FN2O2/c1-22-9-7-18-16(17(22)5-6-21(22)27)4-3-14-11-20(19(24)12-23(14,18)2)26-28-15-8-10-25-13-15/h14-18,25-26H,3-13H2,1-2H3/t14?,15-,16+,17+,18+,22+,23+/m1/s1. The number of hydroxylamine groups is 1. The molecule has 28 heavy (non-hydrogen) atoms. The Morgan fingerprint density at radius 1 is 1.14 bits per heavy atom. The Bertz CT molecular complexity index is 688. The number of hydrogen-bond donors (Lipinski definition) is 2. The van der Waals surface area contributed by atoms with Crippen LogP contribution in [0.2, 0.25) is 0 Å². The Morgan fingerprint density at radius 3 is 2.79 bits per heavy atom. The van der Waals surface area contributed by atoms with E-state index in [1.54, 1.807) is 0 Å². The highest BCUT2D eigenvalue weighted by Crippen LogP contribution is 2.65. The molecule has 0 aromatic rings. The van der Waals surface area contributed by atoms with Crippen LogP contribution in [0.5, 0.6) is 0 Å². The third kappa shape index (κ3) is 2.79. The molecule has 1 aliphatic heterocycles. The number of rotatable bonds is 3. The van der Waals surface area contributed by atoms with Gasteiger partial charge in [0.25, 0.3) is 0 Å². The number of carbonyl (C=O) groups excluding carboxylic acids is 1. The maximum Gasteiger partial charge on any atom is 0.139 e. The number of hydrogen-bond acceptors (Lipinski definition) is 4. The van der Waals surface area contributed by atoms with E-state index in [1.807, 2.05) is 0 Å². The molecule has 0 radical (unpaired) electrons. The van der Waals surface area contributed by atoms with Gasteiger partial charge >= 0.3 is 0 Å². The van der Waals surface area contributed by atoms with E-state index in [2.05, 4.69) is 24.6 Å². The first-order valence-corrected chi connectivity index (χ1v) is 11.4. The fourth-order valence-electron chi connectivity index (χ4n) is 7.70. The zero-order valence-corrected chi connectivity index (χ0v) is 17.4. The van der Waals surface area contributed by atoms with Gasteiger partial charge in [-0.15, -0.1) is 0 Å². The Balaban J connectivity index is 1.34. The highest BCUT2D eigenvalue weighted by Gasteiger charge is 2.60. The molecular formula is C23H35FN2O2. The lowest BCUT2D eigenvalue weighted by molar-refractivity contribution is -0.137. The molecule has 3 saturated carbocycles. The summed E-state index contributed by atoms with van der Waals surface area (Å²) in [5, 5.41) is 3.28. The van der Waals surface area contributed by atoms with Gasteiger partial charge in [0, 0.05) is 24.8 Å². The predicted molar refractivity (Wildman–Crippen MR) is 106 cm³/mol. The van der Waals surface area contributed by atoms with Gasteiger partial charge in [0.1, 0.15) is 11.6 Å². The Hall–Kier alpha value is -0.940. The second-order valence-corrected chi connectivity index (χ2v) is 10.7. The molecule has 1 unspecified atom stereocenters. The molecule has 0 aromatic carbocycles. The van der Waals surface area contributed by atoms with Crippen LogP contribution in [-0.2, 0) is 9.63 Å². The summed E-state index contributed by atoms with van der Waals surface area (Å²) in [6, 6.07) is 0. The summed E-state index contributed by atoms with van der Waals surface area (Å²) in [6.45, 7) is 6.37. The average Bonchev–Trinajstić information content (AvgIpc) is 3.28. The van der Waals surface area contributed by atoms with Crippen molar-refractivity contribution < 1.29 is 14.0 Å². The monoisotopic (exact) mass is 390 g/mol. The van der Waals surface area contributed by atoms with E-state index in [0.29, 0.717) is 41.6 Å². The van der Waals surface area contributed by atoms with Crippen LogP contribution in [0.15, 0.2) is 11.5 Å². The van der Waals surface area contributed by atoms with Gasteiger partial charge in [-0.3, -0.25) is 15.1 Å². The van der Waals surface area contributed by atoms with E-state index in [0.717, 1.165) is 58.0 Å². The largest absolute Gasteiger partial charge is 0.314 e. The lowest BCUT2D eigenvalue weighted by atomic mass is 9.46. The summed E-state index contributed by atoms with van der Waals surface area (Å²) in [5.41, 5.74) is 3.62. The molecule has 0 bridgehead atoms. The number of halogens is 1. The Kier molecular flexibility index (Phi) is 4.63. The summed E-state index contributed by atoms with van der Waals surface area (Å²) in [4.78, 5) is 18.3. The molecule has 0 spiro atoms. The minimum absolute atomic E-state index is 0.00110. The van der Waals surface area contributed by atoms with Crippen molar-refractivity contribution in [1.29, 1.82) is 0 Å². The summed E-state index contributed by atoms with van der Waals surface area (Å²) in [6.07, 6.45) is 8.71. The quantitative estimate of drug-likeness (QED) is 0.707. The van der Waals surface area contributed by atoms with Gasteiger partial charge in [-0.05, 0) is 80.6 Å². The molecule has 5 aliphatic rings. The molecular weight excluding hydrogens is 355 g/mol. The van der Waals surface area contributed by atoms with Crippen molar-refractivity contribution >= 4 is 5.78 Å². The maximum absolute atomic E-state index is 15.2. The van der Waals surface area contributed by atoms with Gasteiger partial charge in [-0.1, -0.05) is 13.8 Å². The highest BCUT2D eigenvalue weighted by molar-refractivity contribution is 5.87. The second-order valence-electron chi connectivity index (χ2n) is 10.7. The molecule has 2 N–H and O–H groups in total. The summed E-state index contributed by atoms with van der Waals surface area (Å²) in [7, 11) is 0. The molecule has 7 atom stereocenters. The van der Waals surface area contributed by atoms with Crippen LogP contribution in [0.1, 0.15) is 71.6 Å². The van der Waals surface area contributed by atoms with Crippen LogP contribution >= 0.6 is 0 Å². The van der Waals surface area contributed by atoms with Crippen LogP contribution in [-0.4, -0.2) is 25.0 Å². The van der Waals surface area contributed by atoms with Crippen molar-refractivity contribution in [3.63, 3.8) is 0 Å².